The molecule has 1 N–H and O–H groups in total. The summed E-state index contributed by atoms with van der Waals surface area (Å²) in [6, 6.07) is 5.83. The Morgan fingerprint density at radius 2 is 2.32 bits per heavy atom. The first-order valence-electron chi connectivity index (χ1n) is 6.58. The third-order valence-electron chi connectivity index (χ3n) is 3.18. The maximum absolute atomic E-state index is 13.9. The number of nitrogens with one attached hydrogen (secondary N) is 1. The number of hydrogen-bond donors (Lipinski definition) is 1. The number of halogens is 1. The van der Waals surface area contributed by atoms with Gasteiger partial charge in [0, 0.05) is 30.1 Å². The zero-order valence-electron chi connectivity index (χ0n) is 12.3. The van der Waals surface area contributed by atoms with Crippen molar-refractivity contribution in [3.8, 4) is 11.8 Å². The lowest BCUT2D eigenvalue weighted by Gasteiger charge is -2.09. The summed E-state index contributed by atoms with van der Waals surface area (Å²) in [6.07, 6.45) is 1.39. The molecule has 0 radical (unpaired) electrons. The number of nitrogens with zero attached hydrogens (tertiary/aromatic N) is 3. The van der Waals surface area contributed by atoms with Gasteiger partial charge in [-0.25, -0.2) is 4.39 Å². The fourth-order valence-electron chi connectivity index (χ4n) is 1.81. The molecule has 0 aliphatic rings. The van der Waals surface area contributed by atoms with Crippen molar-refractivity contribution in [2.45, 2.75) is 20.0 Å². The number of carbonyl (C=O) groups excluding carboxylic acids is 1. The molecule has 2 rings (SSSR count). The number of aryl methyl sites for hydroxylation is 1. The van der Waals surface area contributed by atoms with Gasteiger partial charge in [-0.2, -0.15) is 10.4 Å². The van der Waals surface area contributed by atoms with Crippen molar-refractivity contribution in [1.82, 2.24) is 9.78 Å². The summed E-state index contributed by atoms with van der Waals surface area (Å²) in [4.78, 5) is 11.3. The number of hydrogen-bond acceptors (Lipinski definition) is 4. The number of amides is 1. The molecule has 0 saturated carbocycles. The molecule has 0 aliphatic heterocycles. The fraction of sp³-hybridized carbons (Fsp3) is 0.267. The minimum Gasteiger partial charge on any atom is -0.486 e. The average molecular weight is 302 g/mol. The molecule has 1 aromatic carbocycles. The predicted molar refractivity (Wildman–Crippen MR) is 77.5 cm³/mol. The Morgan fingerprint density at radius 1 is 1.55 bits per heavy atom. The van der Waals surface area contributed by atoms with E-state index in [1.54, 1.807) is 16.9 Å². The Balaban J connectivity index is 2.02. The summed E-state index contributed by atoms with van der Waals surface area (Å²) in [5, 5.41) is 14.9. The highest BCUT2D eigenvalue weighted by molar-refractivity contribution is 5.92. The number of benzene rings is 1. The van der Waals surface area contributed by atoms with E-state index < -0.39 is 11.7 Å². The summed E-state index contributed by atoms with van der Waals surface area (Å²) in [5.41, 5.74) is 2.09. The van der Waals surface area contributed by atoms with Crippen LogP contribution < -0.4 is 10.1 Å². The van der Waals surface area contributed by atoms with E-state index in [-0.39, 0.29) is 24.5 Å². The molecule has 6 nitrogen and oxygen atoms in total. The van der Waals surface area contributed by atoms with Crippen LogP contribution in [0.1, 0.15) is 17.7 Å². The van der Waals surface area contributed by atoms with E-state index in [4.69, 9.17) is 10.00 Å². The lowest BCUT2D eigenvalue weighted by molar-refractivity contribution is -0.115. The first-order valence-corrected chi connectivity index (χ1v) is 6.58. The maximum atomic E-state index is 13.9. The standard InChI is InChI=1S/C15H15FN4O2/c1-10-11(8-18-20(10)2)9-22-14-4-3-12(7-13(14)16)19-15(21)5-6-17/h3-4,7-8H,5,9H2,1-2H3,(H,19,21). The van der Waals surface area contributed by atoms with E-state index in [1.165, 1.54) is 12.1 Å². The third kappa shape index (κ3) is 3.61. The molecular weight excluding hydrogens is 287 g/mol. The SMILES string of the molecule is Cc1c(COc2ccc(NC(=O)CC#N)cc2F)cnn1C. The van der Waals surface area contributed by atoms with Crippen molar-refractivity contribution in [2.24, 2.45) is 7.05 Å². The minimum absolute atomic E-state index is 0.0848. The maximum Gasteiger partial charge on any atom is 0.238 e. The Kier molecular flexibility index (Phi) is 4.73. The molecule has 22 heavy (non-hydrogen) atoms. The molecule has 114 valence electrons. The van der Waals surface area contributed by atoms with Crippen LogP contribution in [0.15, 0.2) is 24.4 Å². The van der Waals surface area contributed by atoms with Gasteiger partial charge < -0.3 is 10.1 Å². The smallest absolute Gasteiger partial charge is 0.238 e. The van der Waals surface area contributed by atoms with Crippen LogP contribution in [0.2, 0.25) is 0 Å². The zero-order valence-corrected chi connectivity index (χ0v) is 12.3. The second-order valence-corrected chi connectivity index (χ2v) is 4.70. The van der Waals surface area contributed by atoms with Gasteiger partial charge in [0.2, 0.25) is 5.91 Å². The van der Waals surface area contributed by atoms with Crippen LogP contribution in [-0.4, -0.2) is 15.7 Å². The number of nitriles is 1. The minimum atomic E-state index is -0.587. The monoisotopic (exact) mass is 302 g/mol. The molecule has 1 heterocycles. The van der Waals surface area contributed by atoms with Crippen LogP contribution in [-0.2, 0) is 18.4 Å². The average Bonchev–Trinajstić information content (AvgIpc) is 2.78. The van der Waals surface area contributed by atoms with Crippen LogP contribution in [0.4, 0.5) is 10.1 Å². The number of anilines is 1. The highest BCUT2D eigenvalue weighted by Gasteiger charge is 2.09. The Morgan fingerprint density at radius 3 is 2.91 bits per heavy atom. The molecule has 0 spiro atoms. The summed E-state index contributed by atoms with van der Waals surface area (Å²) in [6.45, 7) is 2.10. The lowest BCUT2D eigenvalue weighted by Crippen LogP contribution is -2.10. The molecule has 0 bridgehead atoms. The molecule has 0 fully saturated rings. The van der Waals surface area contributed by atoms with Gasteiger partial charge >= 0.3 is 0 Å². The van der Waals surface area contributed by atoms with Gasteiger partial charge in [0.05, 0.1) is 12.3 Å². The Labute approximate surface area is 127 Å². The molecule has 2 aromatic rings. The van der Waals surface area contributed by atoms with E-state index in [9.17, 15) is 9.18 Å². The van der Waals surface area contributed by atoms with Crippen LogP contribution in [0.5, 0.6) is 5.75 Å². The van der Waals surface area contributed by atoms with E-state index in [1.807, 2.05) is 14.0 Å². The van der Waals surface area contributed by atoms with Crippen molar-refractivity contribution in [3.63, 3.8) is 0 Å². The second-order valence-electron chi connectivity index (χ2n) is 4.70. The quantitative estimate of drug-likeness (QED) is 0.919. The van der Waals surface area contributed by atoms with Crippen LogP contribution >= 0.6 is 0 Å². The number of ether oxygens (including phenoxy) is 1. The number of rotatable bonds is 5. The van der Waals surface area contributed by atoms with Gasteiger partial charge in [-0.3, -0.25) is 9.48 Å². The van der Waals surface area contributed by atoms with Crippen molar-refractivity contribution in [2.75, 3.05) is 5.32 Å². The number of carbonyl (C=O) groups is 1. The van der Waals surface area contributed by atoms with Gasteiger partial charge in [0.25, 0.3) is 0 Å². The molecule has 0 saturated heterocycles. The Bertz CT molecular complexity index is 734. The second kappa shape index (κ2) is 6.72. The van der Waals surface area contributed by atoms with Gasteiger partial charge in [0.1, 0.15) is 13.0 Å². The topological polar surface area (TPSA) is 79.9 Å². The number of aromatic nitrogens is 2. The lowest BCUT2D eigenvalue weighted by atomic mass is 10.2. The molecular formula is C15H15FN4O2. The van der Waals surface area contributed by atoms with E-state index in [0.29, 0.717) is 0 Å². The molecule has 7 heteroatoms. The highest BCUT2D eigenvalue weighted by atomic mass is 19.1. The van der Waals surface area contributed by atoms with Crippen molar-refractivity contribution in [1.29, 1.82) is 5.26 Å². The first-order chi connectivity index (χ1) is 10.5. The van der Waals surface area contributed by atoms with Gasteiger partial charge in [-0.05, 0) is 19.1 Å². The molecule has 0 aliphatic carbocycles. The summed E-state index contributed by atoms with van der Waals surface area (Å²) >= 11 is 0. The predicted octanol–water partition coefficient (Wildman–Crippen LogP) is 2.30. The van der Waals surface area contributed by atoms with Gasteiger partial charge in [0.15, 0.2) is 11.6 Å². The van der Waals surface area contributed by atoms with E-state index >= 15 is 0 Å². The fourth-order valence-corrected chi connectivity index (χ4v) is 1.81. The van der Waals surface area contributed by atoms with E-state index in [2.05, 4.69) is 10.4 Å². The Hall–Kier alpha value is -2.88. The van der Waals surface area contributed by atoms with Crippen molar-refractivity contribution in [3.05, 3.63) is 41.5 Å². The largest absolute Gasteiger partial charge is 0.486 e. The van der Waals surface area contributed by atoms with Crippen molar-refractivity contribution < 1.29 is 13.9 Å². The van der Waals surface area contributed by atoms with Gasteiger partial charge in [-0.15, -0.1) is 0 Å². The summed E-state index contributed by atoms with van der Waals surface area (Å²) in [7, 11) is 1.82. The zero-order chi connectivity index (χ0) is 16.1. The summed E-state index contributed by atoms with van der Waals surface area (Å²) in [5.74, 6) is -0.987. The van der Waals surface area contributed by atoms with Crippen molar-refractivity contribution >= 4 is 11.6 Å². The highest BCUT2D eigenvalue weighted by Crippen LogP contribution is 2.22. The molecule has 1 amide bonds. The van der Waals surface area contributed by atoms with Gasteiger partial charge in [-0.1, -0.05) is 0 Å². The third-order valence-corrected chi connectivity index (χ3v) is 3.18. The molecule has 0 unspecified atom stereocenters. The van der Waals surface area contributed by atoms with Crippen LogP contribution in [0.25, 0.3) is 0 Å². The van der Waals surface area contributed by atoms with Crippen LogP contribution in [0, 0.1) is 24.1 Å². The van der Waals surface area contributed by atoms with E-state index in [0.717, 1.165) is 17.3 Å². The summed E-state index contributed by atoms with van der Waals surface area (Å²) < 4.78 is 21.1. The molecule has 0 atom stereocenters. The van der Waals surface area contributed by atoms with Crippen LogP contribution in [0.3, 0.4) is 0 Å². The first kappa shape index (κ1) is 15.5. The molecule has 1 aromatic heterocycles. The normalized spacial score (nSPS) is 10.1.